The fourth-order valence-electron chi connectivity index (χ4n) is 2.26. The van der Waals surface area contributed by atoms with E-state index in [-0.39, 0.29) is 12.1 Å². The second kappa shape index (κ2) is 6.17. The normalized spacial score (nSPS) is 23.0. The Balaban J connectivity index is 1.97. The lowest BCUT2D eigenvalue weighted by Gasteiger charge is -2.37. The Morgan fingerprint density at radius 3 is 2.76 bits per heavy atom. The summed E-state index contributed by atoms with van der Waals surface area (Å²) in [5.74, 6) is 1.25. The van der Waals surface area contributed by atoms with Crippen LogP contribution in [0.4, 0.5) is 9.93 Å². The van der Waals surface area contributed by atoms with Crippen molar-refractivity contribution in [3.63, 3.8) is 0 Å². The summed E-state index contributed by atoms with van der Waals surface area (Å²) in [6.45, 7) is 11.1. The second-order valence-electron chi connectivity index (χ2n) is 6.59. The number of carbonyl (C=O) groups is 1. The summed E-state index contributed by atoms with van der Waals surface area (Å²) in [5, 5.41) is 4.21. The highest BCUT2D eigenvalue weighted by Gasteiger charge is 2.31. The number of nitrogens with one attached hydrogen (secondary N) is 1. The molecule has 2 unspecified atom stereocenters. The molecule has 0 bridgehead atoms. The van der Waals surface area contributed by atoms with Crippen LogP contribution in [-0.4, -0.2) is 45.1 Å². The summed E-state index contributed by atoms with van der Waals surface area (Å²) >= 11 is 1.36. The van der Waals surface area contributed by atoms with Crippen molar-refractivity contribution in [2.45, 2.75) is 52.7 Å². The van der Waals surface area contributed by atoms with Crippen LogP contribution in [0.15, 0.2) is 0 Å². The molecule has 1 N–H and O–H groups in total. The third-order valence-electron chi connectivity index (χ3n) is 3.45. The van der Waals surface area contributed by atoms with E-state index in [2.05, 4.69) is 21.6 Å². The number of hydrogen-bond acceptors (Lipinski definition) is 6. The van der Waals surface area contributed by atoms with E-state index in [0.29, 0.717) is 12.5 Å². The number of piperidine rings is 1. The van der Waals surface area contributed by atoms with Gasteiger partial charge in [0.2, 0.25) is 5.13 Å². The van der Waals surface area contributed by atoms with Crippen molar-refractivity contribution in [2.75, 3.05) is 18.4 Å². The van der Waals surface area contributed by atoms with Crippen LogP contribution in [0.2, 0.25) is 0 Å². The molecule has 6 nitrogen and oxygen atoms in total. The van der Waals surface area contributed by atoms with Crippen molar-refractivity contribution in [3.8, 4) is 0 Å². The first kappa shape index (κ1) is 16.0. The van der Waals surface area contributed by atoms with Gasteiger partial charge in [0.1, 0.15) is 11.4 Å². The lowest BCUT2D eigenvalue weighted by atomic mass is 9.94. The van der Waals surface area contributed by atoms with Gasteiger partial charge in [0.05, 0.1) is 0 Å². The van der Waals surface area contributed by atoms with Crippen molar-refractivity contribution < 1.29 is 9.53 Å². The Morgan fingerprint density at radius 2 is 2.19 bits per heavy atom. The van der Waals surface area contributed by atoms with Crippen molar-refractivity contribution in [2.24, 2.45) is 5.92 Å². The molecule has 1 saturated heterocycles. The molecule has 0 radical (unpaired) electrons. The van der Waals surface area contributed by atoms with E-state index < -0.39 is 5.60 Å². The first-order valence-electron chi connectivity index (χ1n) is 7.29. The number of carbonyl (C=O) groups excluding carboxylic acids is 1. The Labute approximate surface area is 130 Å². The molecule has 0 aliphatic carbocycles. The lowest BCUT2D eigenvalue weighted by molar-refractivity contribution is 0.0176. The lowest BCUT2D eigenvalue weighted by Crippen LogP contribution is -2.50. The van der Waals surface area contributed by atoms with Crippen LogP contribution >= 0.6 is 11.5 Å². The quantitative estimate of drug-likeness (QED) is 0.909. The van der Waals surface area contributed by atoms with Crippen LogP contribution < -0.4 is 5.32 Å². The minimum absolute atomic E-state index is 0.179. The number of ether oxygens (including phenoxy) is 1. The molecular formula is C14H24N4O2S. The van der Waals surface area contributed by atoms with Gasteiger partial charge >= 0.3 is 6.09 Å². The number of likely N-dealkylation sites (tertiary alicyclic amines) is 1. The van der Waals surface area contributed by atoms with E-state index in [0.717, 1.165) is 23.9 Å². The van der Waals surface area contributed by atoms with Gasteiger partial charge in [-0.3, -0.25) is 0 Å². The molecule has 1 aromatic rings. The number of aryl methyl sites for hydroxylation is 1. The van der Waals surface area contributed by atoms with Crippen LogP contribution in [0.1, 0.15) is 39.9 Å². The fraction of sp³-hybridized carbons (Fsp3) is 0.786. The van der Waals surface area contributed by atoms with Gasteiger partial charge in [0.15, 0.2) is 0 Å². The molecule has 1 fully saturated rings. The molecule has 2 rings (SSSR count). The molecule has 0 saturated carbocycles. The number of hydrogen-bond donors (Lipinski definition) is 1. The van der Waals surface area contributed by atoms with Crippen molar-refractivity contribution in [1.82, 2.24) is 14.3 Å². The Bertz CT molecular complexity index is 497. The van der Waals surface area contributed by atoms with Crippen LogP contribution in [0.5, 0.6) is 0 Å². The minimum atomic E-state index is -0.459. The molecule has 1 aromatic heterocycles. The molecule has 7 heteroatoms. The van der Waals surface area contributed by atoms with E-state index in [1.165, 1.54) is 11.5 Å². The Hall–Kier alpha value is -1.37. The maximum Gasteiger partial charge on any atom is 0.410 e. The number of rotatable bonds is 2. The Kier molecular flexibility index (Phi) is 4.70. The molecule has 0 spiro atoms. The second-order valence-corrected chi connectivity index (χ2v) is 7.34. The zero-order chi connectivity index (χ0) is 15.6. The summed E-state index contributed by atoms with van der Waals surface area (Å²) in [4.78, 5) is 18.3. The SMILES string of the molecule is Cc1nsc(NC2CN(C(=O)OC(C)(C)C)CCC2C)n1. The van der Waals surface area contributed by atoms with E-state index in [9.17, 15) is 4.79 Å². The monoisotopic (exact) mass is 312 g/mol. The van der Waals surface area contributed by atoms with Gasteiger partial charge in [0, 0.05) is 30.7 Å². The van der Waals surface area contributed by atoms with Gasteiger partial charge in [-0.2, -0.15) is 4.37 Å². The number of amides is 1. The van der Waals surface area contributed by atoms with Crippen molar-refractivity contribution >= 4 is 22.8 Å². The van der Waals surface area contributed by atoms with Crippen molar-refractivity contribution in [1.29, 1.82) is 0 Å². The molecule has 1 aliphatic heterocycles. The highest BCUT2D eigenvalue weighted by Crippen LogP contribution is 2.23. The first-order chi connectivity index (χ1) is 9.74. The van der Waals surface area contributed by atoms with E-state index in [1.807, 2.05) is 27.7 Å². The highest BCUT2D eigenvalue weighted by atomic mass is 32.1. The zero-order valence-electron chi connectivity index (χ0n) is 13.3. The average Bonchev–Trinajstić information content (AvgIpc) is 2.75. The van der Waals surface area contributed by atoms with E-state index in [4.69, 9.17) is 4.74 Å². The van der Waals surface area contributed by atoms with Gasteiger partial charge < -0.3 is 15.0 Å². The minimum Gasteiger partial charge on any atom is -0.444 e. The number of nitrogens with zero attached hydrogens (tertiary/aromatic N) is 3. The predicted octanol–water partition coefficient (Wildman–Crippen LogP) is 2.90. The van der Waals surface area contributed by atoms with E-state index >= 15 is 0 Å². The number of aromatic nitrogens is 2. The smallest absolute Gasteiger partial charge is 0.410 e. The van der Waals surface area contributed by atoms with Gasteiger partial charge in [-0.1, -0.05) is 6.92 Å². The summed E-state index contributed by atoms with van der Waals surface area (Å²) in [6, 6.07) is 0.179. The van der Waals surface area contributed by atoms with Gasteiger partial charge in [-0.05, 0) is 40.0 Å². The number of anilines is 1. The fourth-order valence-corrected chi connectivity index (χ4v) is 2.90. The maximum absolute atomic E-state index is 12.2. The molecular weight excluding hydrogens is 288 g/mol. The van der Waals surface area contributed by atoms with Crippen LogP contribution in [0.25, 0.3) is 0 Å². The predicted molar refractivity (Wildman–Crippen MR) is 83.6 cm³/mol. The summed E-state index contributed by atoms with van der Waals surface area (Å²) < 4.78 is 9.62. The van der Waals surface area contributed by atoms with Gasteiger partial charge in [-0.25, -0.2) is 9.78 Å². The van der Waals surface area contributed by atoms with Crippen LogP contribution in [0.3, 0.4) is 0 Å². The molecule has 118 valence electrons. The molecule has 1 amide bonds. The largest absolute Gasteiger partial charge is 0.444 e. The summed E-state index contributed by atoms with van der Waals surface area (Å²) in [7, 11) is 0. The van der Waals surface area contributed by atoms with Crippen molar-refractivity contribution in [3.05, 3.63) is 5.82 Å². The summed E-state index contributed by atoms with van der Waals surface area (Å²) in [6.07, 6.45) is 0.712. The summed E-state index contributed by atoms with van der Waals surface area (Å²) in [5.41, 5.74) is -0.459. The molecule has 0 aromatic carbocycles. The first-order valence-corrected chi connectivity index (χ1v) is 8.07. The third-order valence-corrected chi connectivity index (χ3v) is 4.18. The molecule has 2 heterocycles. The molecule has 21 heavy (non-hydrogen) atoms. The van der Waals surface area contributed by atoms with Crippen LogP contribution in [0, 0.1) is 12.8 Å². The third kappa shape index (κ3) is 4.56. The van der Waals surface area contributed by atoms with Crippen LogP contribution in [-0.2, 0) is 4.74 Å². The molecule has 1 aliphatic rings. The average molecular weight is 312 g/mol. The van der Waals surface area contributed by atoms with E-state index in [1.54, 1.807) is 4.90 Å². The zero-order valence-corrected chi connectivity index (χ0v) is 14.2. The molecule has 2 atom stereocenters. The van der Waals surface area contributed by atoms with Gasteiger partial charge in [0.25, 0.3) is 0 Å². The highest BCUT2D eigenvalue weighted by molar-refractivity contribution is 7.09. The topological polar surface area (TPSA) is 67.4 Å². The maximum atomic E-state index is 12.2. The Morgan fingerprint density at radius 1 is 1.48 bits per heavy atom. The van der Waals surface area contributed by atoms with Gasteiger partial charge in [-0.15, -0.1) is 0 Å². The standard InChI is InChI=1S/C14H24N4O2S/c1-9-6-7-18(13(19)20-14(3,4)5)8-11(9)16-12-15-10(2)17-21-12/h9,11H,6-8H2,1-5H3,(H,15,16,17).